The van der Waals surface area contributed by atoms with Gasteiger partial charge in [0.1, 0.15) is 0 Å². The van der Waals surface area contributed by atoms with Crippen LogP contribution >= 0.6 is 27.5 Å². The van der Waals surface area contributed by atoms with Crippen molar-refractivity contribution in [2.45, 2.75) is 12.8 Å². The molecule has 1 aromatic carbocycles. The third kappa shape index (κ3) is 3.48. The summed E-state index contributed by atoms with van der Waals surface area (Å²) < 4.78 is 0.794. The van der Waals surface area contributed by atoms with E-state index in [0.29, 0.717) is 24.5 Å². The molecule has 0 saturated carbocycles. The van der Waals surface area contributed by atoms with Crippen LogP contribution in [0.4, 0.5) is 0 Å². The molecule has 0 spiro atoms. The zero-order valence-corrected chi connectivity index (χ0v) is 12.4. The van der Waals surface area contributed by atoms with Crippen molar-refractivity contribution in [1.29, 1.82) is 0 Å². The zero-order valence-electron chi connectivity index (χ0n) is 10.1. The van der Waals surface area contributed by atoms with Gasteiger partial charge in [-0.3, -0.25) is 9.59 Å². The molecule has 1 aliphatic rings. The van der Waals surface area contributed by atoms with Crippen molar-refractivity contribution < 1.29 is 14.7 Å². The van der Waals surface area contributed by atoms with Crippen molar-refractivity contribution in [3.05, 3.63) is 33.3 Å². The predicted molar refractivity (Wildman–Crippen MR) is 75.2 cm³/mol. The predicted octanol–water partition coefficient (Wildman–Crippen LogP) is 2.58. The number of hydrogen-bond donors (Lipinski definition) is 1. The number of nitrogens with zero attached hydrogens (tertiary/aromatic N) is 1. The van der Waals surface area contributed by atoms with E-state index in [2.05, 4.69) is 15.9 Å². The van der Waals surface area contributed by atoms with E-state index in [-0.39, 0.29) is 12.3 Å². The van der Waals surface area contributed by atoms with E-state index in [0.717, 1.165) is 10.0 Å². The number of carbonyl (C=O) groups is 2. The number of aliphatic carboxylic acids is 1. The maximum atomic E-state index is 12.1. The van der Waals surface area contributed by atoms with E-state index in [4.69, 9.17) is 16.7 Å². The molecule has 0 aliphatic carbocycles. The van der Waals surface area contributed by atoms with E-state index in [1.807, 2.05) is 0 Å². The summed E-state index contributed by atoms with van der Waals surface area (Å²) in [5, 5.41) is 9.52. The van der Waals surface area contributed by atoms with Crippen LogP contribution in [0.3, 0.4) is 0 Å². The van der Waals surface area contributed by atoms with Crippen molar-refractivity contribution in [2.24, 2.45) is 5.92 Å². The summed E-state index contributed by atoms with van der Waals surface area (Å²) in [6.07, 6.45) is 0.785. The number of carboxylic acid groups (broad SMARTS) is 1. The number of likely N-dealkylation sites (tertiary alicyclic amines) is 1. The van der Waals surface area contributed by atoms with Gasteiger partial charge in [-0.05, 0) is 24.1 Å². The van der Waals surface area contributed by atoms with Gasteiger partial charge in [-0.25, -0.2) is 0 Å². The molecular formula is C13H13BrClNO3. The molecule has 1 amide bonds. The van der Waals surface area contributed by atoms with Gasteiger partial charge in [-0.15, -0.1) is 0 Å². The fourth-order valence-corrected chi connectivity index (χ4v) is 2.95. The van der Waals surface area contributed by atoms with E-state index in [9.17, 15) is 9.59 Å². The van der Waals surface area contributed by atoms with Gasteiger partial charge in [0.2, 0.25) is 5.91 Å². The first kappa shape index (κ1) is 14.3. The lowest BCUT2D eigenvalue weighted by atomic mass is 10.1. The summed E-state index contributed by atoms with van der Waals surface area (Å²) in [6, 6.07) is 5.28. The maximum absolute atomic E-state index is 12.1. The molecule has 0 bridgehead atoms. The Hall–Kier alpha value is -1.07. The van der Waals surface area contributed by atoms with Gasteiger partial charge in [0, 0.05) is 22.6 Å². The molecule has 1 heterocycles. The highest BCUT2D eigenvalue weighted by atomic mass is 79.9. The zero-order chi connectivity index (χ0) is 14.0. The minimum atomic E-state index is -0.831. The second-order valence-corrected chi connectivity index (χ2v) is 5.87. The summed E-state index contributed by atoms with van der Waals surface area (Å²) in [6.45, 7) is 0.820. The molecule has 6 heteroatoms. The third-order valence-corrected chi connectivity index (χ3v) is 4.22. The second kappa shape index (κ2) is 5.92. The standard InChI is InChI=1S/C13H13BrClNO3/c14-11-6-10(15)2-1-8(11)5-12(17)16-4-3-9(7-16)13(18)19/h1-2,6,9H,3-5,7H2,(H,18,19)/t9-/m1/s1. The number of halogens is 2. The van der Waals surface area contributed by atoms with Crippen LogP contribution in [0.15, 0.2) is 22.7 Å². The molecule has 1 aliphatic heterocycles. The normalized spacial score (nSPS) is 18.6. The molecule has 1 N–H and O–H groups in total. The molecule has 4 nitrogen and oxygen atoms in total. The fourth-order valence-electron chi connectivity index (χ4n) is 2.13. The third-order valence-electron chi connectivity index (χ3n) is 3.25. The Morgan fingerprint density at radius 3 is 2.79 bits per heavy atom. The fraction of sp³-hybridized carbons (Fsp3) is 0.385. The van der Waals surface area contributed by atoms with Crippen molar-refractivity contribution in [3.8, 4) is 0 Å². The van der Waals surface area contributed by atoms with Gasteiger partial charge in [-0.1, -0.05) is 33.6 Å². The molecule has 0 unspecified atom stereocenters. The molecule has 0 radical (unpaired) electrons. The van der Waals surface area contributed by atoms with Gasteiger partial charge in [0.15, 0.2) is 0 Å². The molecule has 1 atom stereocenters. The molecule has 2 rings (SSSR count). The number of hydrogen-bond acceptors (Lipinski definition) is 2. The number of carbonyl (C=O) groups excluding carboxylic acids is 1. The van der Waals surface area contributed by atoms with Crippen LogP contribution in [0.2, 0.25) is 5.02 Å². The Labute approximate surface area is 124 Å². The van der Waals surface area contributed by atoms with Crippen LogP contribution in [0.1, 0.15) is 12.0 Å². The van der Waals surface area contributed by atoms with Crippen LogP contribution in [-0.2, 0) is 16.0 Å². The topological polar surface area (TPSA) is 57.6 Å². The van der Waals surface area contributed by atoms with Crippen LogP contribution in [0, 0.1) is 5.92 Å². The van der Waals surface area contributed by atoms with E-state index in [1.54, 1.807) is 23.1 Å². The summed E-state index contributed by atoms with van der Waals surface area (Å²) in [5.41, 5.74) is 0.855. The highest BCUT2D eigenvalue weighted by Gasteiger charge is 2.30. The van der Waals surface area contributed by atoms with E-state index >= 15 is 0 Å². The van der Waals surface area contributed by atoms with Crippen molar-refractivity contribution in [3.63, 3.8) is 0 Å². The summed E-state index contributed by atoms with van der Waals surface area (Å²) in [5.74, 6) is -1.31. The van der Waals surface area contributed by atoms with Crippen LogP contribution in [-0.4, -0.2) is 35.0 Å². The van der Waals surface area contributed by atoms with Gasteiger partial charge in [0.25, 0.3) is 0 Å². The first-order chi connectivity index (χ1) is 8.97. The molecule has 1 saturated heterocycles. The largest absolute Gasteiger partial charge is 0.481 e. The number of carboxylic acids is 1. The van der Waals surface area contributed by atoms with Crippen molar-refractivity contribution >= 4 is 39.4 Å². The lowest BCUT2D eigenvalue weighted by Crippen LogP contribution is -2.31. The Morgan fingerprint density at radius 1 is 1.47 bits per heavy atom. The average molecular weight is 347 g/mol. The highest BCUT2D eigenvalue weighted by Crippen LogP contribution is 2.23. The van der Waals surface area contributed by atoms with E-state index in [1.165, 1.54) is 0 Å². The minimum Gasteiger partial charge on any atom is -0.481 e. The summed E-state index contributed by atoms with van der Waals surface area (Å²) in [4.78, 5) is 24.6. The van der Waals surface area contributed by atoms with Crippen molar-refractivity contribution in [2.75, 3.05) is 13.1 Å². The van der Waals surface area contributed by atoms with Gasteiger partial charge in [0.05, 0.1) is 12.3 Å². The lowest BCUT2D eigenvalue weighted by molar-refractivity contribution is -0.141. The number of amides is 1. The second-order valence-electron chi connectivity index (χ2n) is 4.58. The molecule has 0 aromatic heterocycles. The monoisotopic (exact) mass is 345 g/mol. The average Bonchev–Trinajstić information content (AvgIpc) is 2.82. The molecule has 1 aromatic rings. The molecular weight excluding hydrogens is 334 g/mol. The smallest absolute Gasteiger partial charge is 0.308 e. The number of rotatable bonds is 3. The van der Waals surface area contributed by atoms with Crippen LogP contribution in [0.5, 0.6) is 0 Å². The summed E-state index contributed by atoms with van der Waals surface area (Å²) >= 11 is 9.21. The Morgan fingerprint density at radius 2 is 2.21 bits per heavy atom. The maximum Gasteiger partial charge on any atom is 0.308 e. The van der Waals surface area contributed by atoms with Crippen molar-refractivity contribution in [1.82, 2.24) is 4.90 Å². The number of benzene rings is 1. The minimum absolute atomic E-state index is 0.0493. The van der Waals surface area contributed by atoms with Crippen LogP contribution < -0.4 is 0 Å². The molecule has 1 fully saturated rings. The Balaban J connectivity index is 2.00. The SMILES string of the molecule is O=C(O)[C@@H]1CCN(C(=O)Cc2ccc(Cl)cc2Br)C1. The Kier molecular flexibility index (Phi) is 4.47. The summed E-state index contributed by atoms with van der Waals surface area (Å²) in [7, 11) is 0. The first-order valence-electron chi connectivity index (χ1n) is 5.92. The Bertz CT molecular complexity index is 521. The van der Waals surface area contributed by atoms with Gasteiger partial charge < -0.3 is 10.0 Å². The quantitative estimate of drug-likeness (QED) is 0.915. The van der Waals surface area contributed by atoms with Gasteiger partial charge in [-0.2, -0.15) is 0 Å². The molecule has 19 heavy (non-hydrogen) atoms. The lowest BCUT2D eigenvalue weighted by Gasteiger charge is -2.16. The first-order valence-corrected chi connectivity index (χ1v) is 7.09. The van der Waals surface area contributed by atoms with E-state index < -0.39 is 11.9 Å². The van der Waals surface area contributed by atoms with Gasteiger partial charge >= 0.3 is 5.97 Å². The highest BCUT2D eigenvalue weighted by molar-refractivity contribution is 9.10. The molecule has 102 valence electrons. The van der Waals surface area contributed by atoms with Crippen LogP contribution in [0.25, 0.3) is 0 Å².